The van der Waals surface area contributed by atoms with Crippen molar-refractivity contribution >= 4 is 11.9 Å². The number of aliphatic hydroxyl groups is 5. The topological polar surface area (TPSA) is 175 Å². The predicted molar refractivity (Wildman–Crippen MR) is 305 cm³/mol. The van der Waals surface area contributed by atoms with E-state index < -0.39 is 67.4 Å². The molecule has 424 valence electrons. The third-order valence-corrected chi connectivity index (χ3v) is 13.2. The van der Waals surface area contributed by atoms with E-state index in [0.717, 1.165) is 96.3 Å². The van der Waals surface area contributed by atoms with Gasteiger partial charge in [-0.3, -0.25) is 9.59 Å². The number of esters is 1. The molecule has 0 radical (unpaired) electrons. The third kappa shape index (κ3) is 38.2. The summed E-state index contributed by atoms with van der Waals surface area (Å²) >= 11 is 0. The van der Waals surface area contributed by atoms with E-state index in [9.17, 15) is 35.1 Å². The van der Waals surface area contributed by atoms with Crippen LogP contribution in [0.15, 0.2) is 97.2 Å². The van der Waals surface area contributed by atoms with Crippen molar-refractivity contribution in [3.63, 3.8) is 0 Å². The van der Waals surface area contributed by atoms with Crippen LogP contribution in [0.4, 0.5) is 0 Å². The highest BCUT2D eigenvalue weighted by atomic mass is 16.7. The molecule has 0 aromatic rings. The zero-order valence-electron chi connectivity index (χ0n) is 46.7. The molecule has 11 nitrogen and oxygen atoms in total. The van der Waals surface area contributed by atoms with Crippen LogP contribution in [0.25, 0.3) is 0 Å². The summed E-state index contributed by atoms with van der Waals surface area (Å²) in [5, 5.41) is 56.8. The Bertz CT molecular complexity index is 1570. The van der Waals surface area contributed by atoms with Crippen LogP contribution in [0.2, 0.25) is 0 Å². The molecule has 0 aromatic carbocycles. The summed E-state index contributed by atoms with van der Waals surface area (Å²) in [6.07, 6.45) is 56.0. The molecule has 1 heterocycles. The molecule has 0 bridgehead atoms. The van der Waals surface area contributed by atoms with Gasteiger partial charge in [0.05, 0.1) is 25.4 Å². The van der Waals surface area contributed by atoms with Gasteiger partial charge in [0.15, 0.2) is 12.4 Å². The molecule has 1 amide bonds. The van der Waals surface area contributed by atoms with Crippen molar-refractivity contribution in [1.29, 1.82) is 0 Å². The van der Waals surface area contributed by atoms with Crippen LogP contribution in [0.3, 0.4) is 0 Å². The Kier molecular flexibility index (Phi) is 46.7. The summed E-state index contributed by atoms with van der Waals surface area (Å²) in [6.45, 7) is 5.61. The molecule has 0 saturated carbocycles. The monoisotopic (exact) mass is 1040 g/mol. The van der Waals surface area contributed by atoms with Gasteiger partial charge >= 0.3 is 5.97 Å². The first-order valence-corrected chi connectivity index (χ1v) is 29.5. The lowest BCUT2D eigenvalue weighted by atomic mass is 9.99. The number of carbonyl (C=O) groups excluding carboxylic acids is 2. The minimum Gasteiger partial charge on any atom is -0.454 e. The van der Waals surface area contributed by atoms with Gasteiger partial charge in [-0.2, -0.15) is 0 Å². The molecule has 1 rings (SSSR count). The summed E-state index contributed by atoms with van der Waals surface area (Å²) in [5.74, 6) is -1.26. The Morgan fingerprint density at radius 2 is 0.973 bits per heavy atom. The maximum Gasteiger partial charge on any atom is 0.306 e. The lowest BCUT2D eigenvalue weighted by Gasteiger charge is -2.41. The standard InChI is InChI=1S/C63H107NO10/c1-4-7-10-13-16-19-22-25-26-27-28-29-30-31-32-33-36-39-42-45-48-51-58(68)74-61-60(70)59(69)57(52-65)73-63(61)72-53-54(55(66)49-46-43-40-37-34-23-20-17-14-11-8-5-2)64-62(71)56(67)50-47-44-41-38-35-24-21-18-15-12-9-6-3/h7,10,16,19,25-26,28-29,31-32,35-36,38-39,46,49,54-57,59-61,63,65-67,69-70H,4-6,8-9,11-15,17-18,20-24,27,30,33-34,37,40-45,47-48,50-53H2,1-3H3,(H,64,71)/b10-7-,19-16-,26-25-,29-28-,32-31-,38-35-,39-36-,49-46+. The van der Waals surface area contributed by atoms with Crippen LogP contribution in [0.1, 0.15) is 226 Å². The molecule has 8 unspecified atom stereocenters. The number of allylic oxidation sites excluding steroid dienone is 15. The van der Waals surface area contributed by atoms with Gasteiger partial charge in [-0.05, 0) is 103 Å². The number of hydrogen-bond donors (Lipinski definition) is 6. The molecule has 0 aromatic heterocycles. The van der Waals surface area contributed by atoms with Crippen LogP contribution < -0.4 is 5.32 Å². The fraction of sp³-hybridized carbons (Fsp3) is 0.714. The van der Waals surface area contributed by atoms with Crippen molar-refractivity contribution in [1.82, 2.24) is 5.32 Å². The van der Waals surface area contributed by atoms with E-state index in [1.807, 2.05) is 6.08 Å². The zero-order valence-corrected chi connectivity index (χ0v) is 46.7. The average molecular weight is 1040 g/mol. The first kappa shape index (κ1) is 68.6. The quantitative estimate of drug-likeness (QED) is 0.0195. The average Bonchev–Trinajstić information content (AvgIpc) is 3.40. The van der Waals surface area contributed by atoms with Crippen LogP contribution in [-0.4, -0.2) is 99.6 Å². The van der Waals surface area contributed by atoms with Crippen LogP contribution in [0.5, 0.6) is 0 Å². The zero-order chi connectivity index (χ0) is 54.0. The lowest BCUT2D eigenvalue weighted by Crippen LogP contribution is -2.61. The Hall–Kier alpha value is -3.42. The van der Waals surface area contributed by atoms with Crippen molar-refractivity contribution in [3.8, 4) is 0 Å². The summed E-state index contributed by atoms with van der Waals surface area (Å²) in [6, 6.07) is -1.04. The van der Waals surface area contributed by atoms with Gasteiger partial charge < -0.3 is 45.1 Å². The fourth-order valence-electron chi connectivity index (χ4n) is 8.53. The maximum absolute atomic E-state index is 13.4. The van der Waals surface area contributed by atoms with Gasteiger partial charge in [0, 0.05) is 6.42 Å². The van der Waals surface area contributed by atoms with Gasteiger partial charge in [-0.25, -0.2) is 0 Å². The third-order valence-electron chi connectivity index (χ3n) is 13.2. The number of unbranched alkanes of at least 4 members (excludes halogenated alkanes) is 20. The normalized spacial score (nSPS) is 20.0. The van der Waals surface area contributed by atoms with Crippen molar-refractivity contribution in [2.45, 2.75) is 275 Å². The predicted octanol–water partition coefficient (Wildman–Crippen LogP) is 13.6. The second-order valence-electron chi connectivity index (χ2n) is 20.0. The fourth-order valence-corrected chi connectivity index (χ4v) is 8.53. The van der Waals surface area contributed by atoms with Crippen molar-refractivity contribution in [2.24, 2.45) is 0 Å². The second-order valence-corrected chi connectivity index (χ2v) is 20.0. The van der Waals surface area contributed by atoms with Gasteiger partial charge in [0.1, 0.15) is 24.4 Å². The van der Waals surface area contributed by atoms with Crippen molar-refractivity contribution in [3.05, 3.63) is 97.2 Å². The van der Waals surface area contributed by atoms with E-state index >= 15 is 0 Å². The highest BCUT2D eigenvalue weighted by Crippen LogP contribution is 2.26. The van der Waals surface area contributed by atoms with E-state index in [-0.39, 0.29) is 19.4 Å². The number of ether oxygens (including phenoxy) is 3. The SMILES string of the molecule is CC/C=C\C/C=C\C/C=C\C/C=C\C/C=C\C/C=C\CCCCC(=O)OC1C(OCC(NC(=O)C(O)CCCC/C=C\CCCCCCCC)C(O)/C=C/CCCCCCCCCCCC)OC(CO)C(O)C1O. The molecular weight excluding hydrogens is 931 g/mol. The molecule has 1 aliphatic rings. The number of aliphatic hydroxyl groups excluding tert-OH is 5. The number of rotatable bonds is 48. The molecule has 11 heteroatoms. The van der Waals surface area contributed by atoms with Gasteiger partial charge in [0.2, 0.25) is 5.91 Å². The number of hydrogen-bond acceptors (Lipinski definition) is 10. The first-order valence-electron chi connectivity index (χ1n) is 29.5. The molecular formula is C63H107NO10. The number of nitrogens with one attached hydrogen (secondary N) is 1. The molecule has 1 aliphatic heterocycles. The van der Waals surface area contributed by atoms with Gasteiger partial charge in [0.25, 0.3) is 0 Å². The van der Waals surface area contributed by atoms with E-state index in [0.29, 0.717) is 12.8 Å². The maximum atomic E-state index is 13.4. The Morgan fingerprint density at radius 3 is 1.47 bits per heavy atom. The van der Waals surface area contributed by atoms with Gasteiger partial charge in [-0.15, -0.1) is 0 Å². The van der Waals surface area contributed by atoms with Crippen LogP contribution in [-0.2, 0) is 23.8 Å². The Labute approximate surface area is 450 Å². The summed E-state index contributed by atoms with van der Waals surface area (Å²) in [7, 11) is 0. The van der Waals surface area contributed by atoms with E-state index in [4.69, 9.17) is 14.2 Å². The van der Waals surface area contributed by atoms with Gasteiger partial charge in [-0.1, -0.05) is 214 Å². The van der Waals surface area contributed by atoms with E-state index in [1.165, 1.54) is 83.5 Å². The van der Waals surface area contributed by atoms with E-state index in [1.54, 1.807) is 6.08 Å². The van der Waals surface area contributed by atoms with Crippen molar-refractivity contribution < 1.29 is 49.3 Å². The molecule has 6 N–H and O–H groups in total. The molecule has 8 atom stereocenters. The summed E-state index contributed by atoms with van der Waals surface area (Å²) < 4.78 is 17.5. The number of carbonyl (C=O) groups is 2. The minimum atomic E-state index is -1.64. The number of amides is 1. The highest BCUT2D eigenvalue weighted by molar-refractivity contribution is 5.80. The Balaban J connectivity index is 2.74. The molecule has 1 saturated heterocycles. The lowest BCUT2D eigenvalue weighted by molar-refractivity contribution is -0.305. The van der Waals surface area contributed by atoms with Crippen LogP contribution in [0, 0.1) is 0 Å². The summed E-state index contributed by atoms with van der Waals surface area (Å²) in [4.78, 5) is 26.4. The Morgan fingerprint density at radius 1 is 0.541 bits per heavy atom. The second kappa shape index (κ2) is 50.4. The largest absolute Gasteiger partial charge is 0.454 e. The summed E-state index contributed by atoms with van der Waals surface area (Å²) in [5.41, 5.74) is 0. The molecule has 0 aliphatic carbocycles. The molecule has 74 heavy (non-hydrogen) atoms. The molecule has 1 fully saturated rings. The first-order chi connectivity index (χ1) is 36.2. The highest BCUT2D eigenvalue weighted by Gasteiger charge is 2.47. The minimum absolute atomic E-state index is 0.0622. The van der Waals surface area contributed by atoms with Crippen molar-refractivity contribution in [2.75, 3.05) is 13.2 Å². The smallest absolute Gasteiger partial charge is 0.306 e. The van der Waals surface area contributed by atoms with Crippen LogP contribution >= 0.6 is 0 Å². The molecule has 0 spiro atoms. The van der Waals surface area contributed by atoms with E-state index in [2.05, 4.69) is 111 Å².